The molecule has 86 valence electrons. The molecule has 0 aromatic heterocycles. The van der Waals surface area contributed by atoms with E-state index in [1.165, 1.54) is 4.90 Å². The average Bonchev–Trinajstić information content (AvgIpc) is 2.26. The molecule has 0 bridgehead atoms. The van der Waals surface area contributed by atoms with Crippen molar-refractivity contribution in [3.63, 3.8) is 0 Å². The third-order valence-corrected chi connectivity index (χ3v) is 2.08. The van der Waals surface area contributed by atoms with Crippen molar-refractivity contribution in [2.45, 2.75) is 6.04 Å². The molecule has 0 saturated heterocycles. The Balaban J connectivity index is 2.85. The fraction of sp³-hybridized carbons (Fsp3) is 0.200. The minimum absolute atomic E-state index is 0.0331. The Kier molecular flexibility index (Phi) is 3.84. The second-order valence-electron chi connectivity index (χ2n) is 3.29. The van der Waals surface area contributed by atoms with Crippen molar-refractivity contribution in [2.75, 3.05) is 11.4 Å². The molecule has 6 heteroatoms. The third-order valence-electron chi connectivity index (χ3n) is 2.08. The SMILES string of the molecule is NC(=O)C(N)CN(C(N)=O)c1ccccc1. The molecular weight excluding hydrogens is 208 g/mol. The first-order valence-electron chi connectivity index (χ1n) is 4.69. The van der Waals surface area contributed by atoms with Crippen molar-refractivity contribution < 1.29 is 9.59 Å². The molecule has 1 atom stereocenters. The number of carbonyl (C=O) groups excluding carboxylic acids is 2. The lowest BCUT2D eigenvalue weighted by molar-refractivity contribution is -0.119. The van der Waals surface area contributed by atoms with Crippen LogP contribution < -0.4 is 22.1 Å². The topological polar surface area (TPSA) is 115 Å². The number of amides is 3. The van der Waals surface area contributed by atoms with Gasteiger partial charge in [0.2, 0.25) is 5.91 Å². The lowest BCUT2D eigenvalue weighted by Gasteiger charge is -2.22. The molecule has 0 fully saturated rings. The van der Waals surface area contributed by atoms with Crippen molar-refractivity contribution in [2.24, 2.45) is 17.2 Å². The van der Waals surface area contributed by atoms with Gasteiger partial charge < -0.3 is 17.2 Å². The molecule has 16 heavy (non-hydrogen) atoms. The molecule has 0 aliphatic heterocycles. The van der Waals surface area contributed by atoms with E-state index in [2.05, 4.69) is 0 Å². The van der Waals surface area contributed by atoms with Gasteiger partial charge in [0.05, 0.1) is 6.54 Å². The number of benzene rings is 1. The first-order chi connectivity index (χ1) is 7.52. The summed E-state index contributed by atoms with van der Waals surface area (Å²) in [4.78, 5) is 23.2. The molecule has 1 aromatic carbocycles. The van der Waals surface area contributed by atoms with Gasteiger partial charge in [-0.25, -0.2) is 4.79 Å². The standard InChI is InChI=1S/C10H14N4O2/c11-8(9(12)15)6-14(10(13)16)7-4-2-1-3-5-7/h1-5,8H,6,11H2,(H2,12,15)(H2,13,16). The van der Waals surface area contributed by atoms with Gasteiger partial charge in [0.25, 0.3) is 0 Å². The summed E-state index contributed by atoms with van der Waals surface area (Å²) in [7, 11) is 0. The molecule has 1 aromatic rings. The van der Waals surface area contributed by atoms with Crippen molar-refractivity contribution in [1.82, 2.24) is 0 Å². The van der Waals surface area contributed by atoms with Crippen LogP contribution >= 0.6 is 0 Å². The Morgan fingerprint density at radius 3 is 2.19 bits per heavy atom. The highest BCUT2D eigenvalue weighted by Crippen LogP contribution is 2.12. The van der Waals surface area contributed by atoms with Crippen molar-refractivity contribution >= 4 is 17.6 Å². The summed E-state index contributed by atoms with van der Waals surface area (Å²) in [5.74, 6) is -0.679. The molecule has 0 radical (unpaired) electrons. The molecular formula is C10H14N4O2. The van der Waals surface area contributed by atoms with Crippen LogP contribution in [-0.2, 0) is 4.79 Å². The minimum Gasteiger partial charge on any atom is -0.368 e. The number of para-hydroxylation sites is 1. The molecule has 6 nitrogen and oxygen atoms in total. The number of rotatable bonds is 4. The van der Waals surface area contributed by atoms with Gasteiger partial charge in [-0.2, -0.15) is 0 Å². The Morgan fingerprint density at radius 1 is 1.19 bits per heavy atom. The van der Waals surface area contributed by atoms with Gasteiger partial charge in [0, 0.05) is 5.69 Å². The maximum atomic E-state index is 11.2. The van der Waals surface area contributed by atoms with E-state index in [1.807, 2.05) is 0 Å². The smallest absolute Gasteiger partial charge is 0.319 e. The number of hydrogen-bond donors (Lipinski definition) is 3. The van der Waals surface area contributed by atoms with Gasteiger partial charge in [-0.1, -0.05) is 18.2 Å². The van der Waals surface area contributed by atoms with Gasteiger partial charge in [-0.3, -0.25) is 9.69 Å². The van der Waals surface area contributed by atoms with E-state index in [-0.39, 0.29) is 6.54 Å². The van der Waals surface area contributed by atoms with Gasteiger partial charge in [-0.05, 0) is 12.1 Å². The maximum absolute atomic E-state index is 11.2. The quantitative estimate of drug-likeness (QED) is 0.630. The highest BCUT2D eigenvalue weighted by Gasteiger charge is 2.18. The van der Waals surface area contributed by atoms with Gasteiger partial charge in [0.15, 0.2) is 0 Å². The average molecular weight is 222 g/mol. The summed E-state index contributed by atoms with van der Waals surface area (Å²) in [5, 5.41) is 0. The molecule has 0 aliphatic rings. The van der Waals surface area contributed by atoms with E-state index in [0.29, 0.717) is 5.69 Å². The van der Waals surface area contributed by atoms with Crippen LogP contribution in [0.25, 0.3) is 0 Å². The zero-order valence-electron chi connectivity index (χ0n) is 8.67. The van der Waals surface area contributed by atoms with E-state index in [9.17, 15) is 9.59 Å². The van der Waals surface area contributed by atoms with E-state index in [4.69, 9.17) is 17.2 Å². The molecule has 0 heterocycles. The number of primary amides is 2. The fourth-order valence-corrected chi connectivity index (χ4v) is 1.22. The number of urea groups is 1. The van der Waals surface area contributed by atoms with Crippen LogP contribution in [0.4, 0.5) is 10.5 Å². The Bertz CT molecular complexity index is 380. The molecule has 1 rings (SSSR count). The first-order valence-corrected chi connectivity index (χ1v) is 4.69. The Morgan fingerprint density at radius 2 is 1.75 bits per heavy atom. The highest BCUT2D eigenvalue weighted by atomic mass is 16.2. The second kappa shape index (κ2) is 5.13. The molecule has 6 N–H and O–H groups in total. The zero-order valence-corrected chi connectivity index (χ0v) is 8.67. The number of nitrogens with zero attached hydrogens (tertiary/aromatic N) is 1. The van der Waals surface area contributed by atoms with E-state index >= 15 is 0 Å². The van der Waals surface area contributed by atoms with E-state index in [1.54, 1.807) is 30.3 Å². The molecule has 0 aliphatic carbocycles. The second-order valence-corrected chi connectivity index (χ2v) is 3.29. The minimum atomic E-state index is -0.937. The van der Waals surface area contributed by atoms with Crippen LogP contribution in [0.3, 0.4) is 0 Å². The van der Waals surface area contributed by atoms with Crippen molar-refractivity contribution in [1.29, 1.82) is 0 Å². The van der Waals surface area contributed by atoms with Crippen molar-refractivity contribution in [3.05, 3.63) is 30.3 Å². The van der Waals surface area contributed by atoms with Crippen LogP contribution in [0.15, 0.2) is 30.3 Å². The third kappa shape index (κ3) is 2.96. The summed E-state index contributed by atoms with van der Waals surface area (Å²) < 4.78 is 0. The summed E-state index contributed by atoms with van der Waals surface area (Å²) in [5.41, 5.74) is 16.3. The van der Waals surface area contributed by atoms with Crippen molar-refractivity contribution in [3.8, 4) is 0 Å². The lowest BCUT2D eigenvalue weighted by Crippen LogP contribution is -2.49. The number of hydrogen-bond acceptors (Lipinski definition) is 3. The number of anilines is 1. The summed E-state index contributed by atoms with van der Waals surface area (Å²) in [6.07, 6.45) is 0. The zero-order chi connectivity index (χ0) is 12.1. The monoisotopic (exact) mass is 222 g/mol. The fourth-order valence-electron chi connectivity index (χ4n) is 1.22. The van der Waals surface area contributed by atoms with Gasteiger partial charge in [-0.15, -0.1) is 0 Å². The summed E-state index contributed by atoms with van der Waals surface area (Å²) in [6.45, 7) is -0.0331. The predicted octanol–water partition coefficient (Wildman–Crippen LogP) is -0.616. The van der Waals surface area contributed by atoms with Gasteiger partial charge in [0.1, 0.15) is 6.04 Å². The largest absolute Gasteiger partial charge is 0.368 e. The molecule has 1 unspecified atom stereocenters. The van der Waals surface area contributed by atoms with Crippen LogP contribution in [-0.4, -0.2) is 24.5 Å². The Labute approximate surface area is 93.0 Å². The van der Waals surface area contributed by atoms with E-state index in [0.717, 1.165) is 0 Å². The first kappa shape index (κ1) is 12.0. The molecule has 0 saturated carbocycles. The summed E-state index contributed by atoms with van der Waals surface area (Å²) >= 11 is 0. The normalized spacial score (nSPS) is 11.8. The van der Waals surface area contributed by atoms with Crippen LogP contribution in [0.5, 0.6) is 0 Å². The maximum Gasteiger partial charge on any atom is 0.319 e. The van der Waals surface area contributed by atoms with Crippen LogP contribution in [0.2, 0.25) is 0 Å². The van der Waals surface area contributed by atoms with E-state index < -0.39 is 18.0 Å². The molecule has 3 amide bonds. The summed E-state index contributed by atoms with van der Waals surface area (Å²) in [6, 6.07) is 7.08. The lowest BCUT2D eigenvalue weighted by atomic mass is 10.2. The van der Waals surface area contributed by atoms with Crippen LogP contribution in [0.1, 0.15) is 0 Å². The van der Waals surface area contributed by atoms with Gasteiger partial charge >= 0.3 is 6.03 Å². The molecule has 0 spiro atoms. The van der Waals surface area contributed by atoms with Crippen LogP contribution in [0, 0.1) is 0 Å². The predicted molar refractivity (Wildman–Crippen MR) is 60.5 cm³/mol. The Hall–Kier alpha value is -2.08. The number of nitrogens with two attached hydrogens (primary N) is 3. The highest BCUT2D eigenvalue weighted by molar-refractivity contribution is 5.92. The number of carbonyl (C=O) groups is 2.